The molecule has 0 radical (unpaired) electrons. The minimum Gasteiger partial charge on any atom is -0.273 e. The van der Waals surface area contributed by atoms with E-state index in [0.29, 0.717) is 6.42 Å². The van der Waals surface area contributed by atoms with Crippen LogP contribution in [0.3, 0.4) is 0 Å². The van der Waals surface area contributed by atoms with E-state index < -0.39 is 0 Å². The van der Waals surface area contributed by atoms with Crippen LogP contribution in [0.15, 0.2) is 59.7 Å². The molecule has 22 heavy (non-hydrogen) atoms. The number of amides is 1. The second-order valence-electron chi connectivity index (χ2n) is 5.27. The second kappa shape index (κ2) is 8.13. The van der Waals surface area contributed by atoms with Gasteiger partial charge in [0.1, 0.15) is 0 Å². The highest BCUT2D eigenvalue weighted by molar-refractivity contribution is 5.99. The van der Waals surface area contributed by atoms with Gasteiger partial charge in [0.05, 0.1) is 5.71 Å². The Kier molecular flexibility index (Phi) is 5.90. The molecular weight excluding hydrogens is 272 g/mol. The van der Waals surface area contributed by atoms with Crippen LogP contribution in [-0.2, 0) is 17.6 Å². The normalized spacial score (nSPS) is 11.3. The topological polar surface area (TPSA) is 41.5 Å². The molecule has 0 aliphatic carbocycles. The smallest absolute Gasteiger partial charge is 0.240 e. The minimum atomic E-state index is -0.0617. The van der Waals surface area contributed by atoms with E-state index in [1.165, 1.54) is 5.56 Å². The summed E-state index contributed by atoms with van der Waals surface area (Å²) in [6.45, 7) is 4.03. The molecule has 2 rings (SSSR count). The van der Waals surface area contributed by atoms with Crippen molar-refractivity contribution in [2.75, 3.05) is 0 Å². The van der Waals surface area contributed by atoms with Crippen LogP contribution in [0.4, 0.5) is 0 Å². The van der Waals surface area contributed by atoms with E-state index in [1.807, 2.05) is 49.4 Å². The largest absolute Gasteiger partial charge is 0.273 e. The number of carbonyl (C=O) groups is 1. The van der Waals surface area contributed by atoms with Crippen molar-refractivity contribution in [3.63, 3.8) is 0 Å². The Bertz CT molecular complexity index is 630. The first-order chi connectivity index (χ1) is 10.7. The maximum absolute atomic E-state index is 11.8. The molecule has 0 fully saturated rings. The maximum Gasteiger partial charge on any atom is 0.240 e. The molecule has 0 saturated carbocycles. The Hall–Kier alpha value is -2.42. The number of hydrogen-bond donors (Lipinski definition) is 1. The lowest BCUT2D eigenvalue weighted by atomic mass is 10.1. The van der Waals surface area contributed by atoms with Crippen LogP contribution in [0.5, 0.6) is 0 Å². The molecule has 0 aromatic heterocycles. The fraction of sp³-hybridized carbons (Fsp3) is 0.263. The molecule has 114 valence electrons. The Labute approximate surface area is 132 Å². The summed E-state index contributed by atoms with van der Waals surface area (Å²) in [6, 6.07) is 18.2. The van der Waals surface area contributed by atoms with Crippen molar-refractivity contribution >= 4 is 11.6 Å². The van der Waals surface area contributed by atoms with Gasteiger partial charge >= 0.3 is 0 Å². The van der Waals surface area contributed by atoms with Crippen LogP contribution in [-0.4, -0.2) is 11.6 Å². The summed E-state index contributed by atoms with van der Waals surface area (Å²) >= 11 is 0. The molecule has 3 heteroatoms. The highest BCUT2D eigenvalue weighted by Crippen LogP contribution is 2.06. The van der Waals surface area contributed by atoms with Gasteiger partial charge in [-0.25, -0.2) is 5.43 Å². The molecule has 0 saturated heterocycles. The first-order valence-electron chi connectivity index (χ1n) is 7.65. The summed E-state index contributed by atoms with van der Waals surface area (Å²) in [4.78, 5) is 11.8. The molecule has 1 amide bonds. The second-order valence-corrected chi connectivity index (χ2v) is 5.27. The Balaban J connectivity index is 1.85. The molecule has 2 aromatic rings. The summed E-state index contributed by atoms with van der Waals surface area (Å²) in [5.41, 5.74) is 6.93. The number of nitrogens with one attached hydrogen (secondary N) is 1. The average Bonchev–Trinajstić information content (AvgIpc) is 2.58. The van der Waals surface area contributed by atoms with Gasteiger partial charge in [0, 0.05) is 6.42 Å². The molecule has 0 atom stereocenters. The lowest BCUT2D eigenvalue weighted by Crippen LogP contribution is -2.19. The highest BCUT2D eigenvalue weighted by atomic mass is 16.2. The molecule has 0 spiro atoms. The van der Waals surface area contributed by atoms with Crippen molar-refractivity contribution in [2.45, 2.75) is 33.1 Å². The lowest BCUT2D eigenvalue weighted by Gasteiger charge is -2.04. The van der Waals surface area contributed by atoms with Crippen LogP contribution >= 0.6 is 0 Å². The van der Waals surface area contributed by atoms with E-state index in [2.05, 4.69) is 29.6 Å². The predicted octanol–water partition coefficient (Wildman–Crippen LogP) is 3.72. The zero-order chi connectivity index (χ0) is 15.8. The van der Waals surface area contributed by atoms with Gasteiger partial charge in [0.25, 0.3) is 0 Å². The summed E-state index contributed by atoms with van der Waals surface area (Å²) in [6.07, 6.45) is 2.19. The Morgan fingerprint density at radius 1 is 1.00 bits per heavy atom. The SMILES string of the molecule is CCc1ccc(/C(C)=N/NC(=O)CCc2ccccc2)cc1. The van der Waals surface area contributed by atoms with Gasteiger partial charge in [-0.15, -0.1) is 0 Å². The first kappa shape index (κ1) is 16.0. The molecule has 1 N–H and O–H groups in total. The van der Waals surface area contributed by atoms with Crippen molar-refractivity contribution in [1.82, 2.24) is 5.43 Å². The molecule has 0 bridgehead atoms. The van der Waals surface area contributed by atoms with Crippen molar-refractivity contribution < 1.29 is 4.79 Å². The Morgan fingerprint density at radius 2 is 1.68 bits per heavy atom. The number of carbonyl (C=O) groups excluding carboxylic acids is 1. The van der Waals surface area contributed by atoms with Crippen LogP contribution in [0.25, 0.3) is 0 Å². The summed E-state index contributed by atoms with van der Waals surface area (Å²) < 4.78 is 0. The van der Waals surface area contributed by atoms with Gasteiger partial charge in [0.15, 0.2) is 0 Å². The Morgan fingerprint density at radius 3 is 2.32 bits per heavy atom. The third-order valence-electron chi connectivity index (χ3n) is 3.61. The first-order valence-corrected chi connectivity index (χ1v) is 7.65. The van der Waals surface area contributed by atoms with Crippen molar-refractivity contribution in [3.05, 3.63) is 71.3 Å². The van der Waals surface area contributed by atoms with Gasteiger partial charge in [0.2, 0.25) is 5.91 Å². The van der Waals surface area contributed by atoms with Crippen LogP contribution in [0, 0.1) is 0 Å². The molecule has 0 aliphatic heterocycles. The van der Waals surface area contributed by atoms with E-state index >= 15 is 0 Å². The third-order valence-corrected chi connectivity index (χ3v) is 3.61. The predicted molar refractivity (Wildman–Crippen MR) is 90.9 cm³/mol. The average molecular weight is 294 g/mol. The molecular formula is C19H22N2O. The fourth-order valence-electron chi connectivity index (χ4n) is 2.15. The summed E-state index contributed by atoms with van der Waals surface area (Å²) in [5, 5.41) is 4.18. The zero-order valence-corrected chi connectivity index (χ0v) is 13.2. The number of hydrogen-bond acceptors (Lipinski definition) is 2. The van der Waals surface area contributed by atoms with E-state index in [4.69, 9.17) is 0 Å². The van der Waals surface area contributed by atoms with E-state index in [-0.39, 0.29) is 5.91 Å². The maximum atomic E-state index is 11.8. The zero-order valence-electron chi connectivity index (χ0n) is 13.2. The summed E-state index contributed by atoms with van der Waals surface area (Å²) in [5.74, 6) is -0.0617. The number of benzene rings is 2. The number of aryl methyl sites for hydroxylation is 2. The van der Waals surface area contributed by atoms with E-state index in [1.54, 1.807) is 0 Å². The van der Waals surface area contributed by atoms with Gasteiger partial charge in [-0.2, -0.15) is 5.10 Å². The molecule has 0 heterocycles. The van der Waals surface area contributed by atoms with Crippen LogP contribution in [0.1, 0.15) is 37.0 Å². The molecule has 3 nitrogen and oxygen atoms in total. The van der Waals surface area contributed by atoms with E-state index in [9.17, 15) is 4.79 Å². The van der Waals surface area contributed by atoms with Crippen LogP contribution in [0.2, 0.25) is 0 Å². The quantitative estimate of drug-likeness (QED) is 0.640. The lowest BCUT2D eigenvalue weighted by molar-refractivity contribution is -0.121. The van der Waals surface area contributed by atoms with E-state index in [0.717, 1.165) is 29.7 Å². The number of hydrazone groups is 1. The van der Waals surface area contributed by atoms with Crippen molar-refractivity contribution in [3.8, 4) is 0 Å². The van der Waals surface area contributed by atoms with Gasteiger partial charge < -0.3 is 0 Å². The monoisotopic (exact) mass is 294 g/mol. The van der Waals surface area contributed by atoms with Gasteiger partial charge in [-0.05, 0) is 36.5 Å². The minimum absolute atomic E-state index is 0.0617. The van der Waals surface area contributed by atoms with Gasteiger partial charge in [-0.1, -0.05) is 61.5 Å². The standard InChI is InChI=1S/C19H22N2O/c1-3-16-9-12-18(13-10-16)15(2)20-21-19(22)14-11-17-7-5-4-6-8-17/h4-10,12-13H,3,11,14H2,1-2H3,(H,21,22)/b20-15+. The van der Waals surface area contributed by atoms with Crippen molar-refractivity contribution in [1.29, 1.82) is 0 Å². The summed E-state index contributed by atoms with van der Waals surface area (Å²) in [7, 11) is 0. The fourth-order valence-corrected chi connectivity index (χ4v) is 2.15. The molecule has 0 aliphatic rings. The van der Waals surface area contributed by atoms with Gasteiger partial charge in [-0.3, -0.25) is 4.79 Å². The number of nitrogens with zero attached hydrogens (tertiary/aromatic N) is 1. The third kappa shape index (κ3) is 4.85. The number of rotatable bonds is 6. The molecule has 0 unspecified atom stereocenters. The molecule has 2 aromatic carbocycles. The highest BCUT2D eigenvalue weighted by Gasteiger charge is 2.02. The van der Waals surface area contributed by atoms with Crippen LogP contribution < -0.4 is 5.43 Å². The van der Waals surface area contributed by atoms with Crippen molar-refractivity contribution in [2.24, 2.45) is 5.10 Å².